The van der Waals surface area contributed by atoms with Crippen LogP contribution in [0.15, 0.2) is 30.3 Å². The van der Waals surface area contributed by atoms with Crippen LogP contribution in [0.1, 0.15) is 39.7 Å². The normalized spacial score (nSPS) is 20.6. The third-order valence-electron chi connectivity index (χ3n) is 4.24. The molecule has 20 heavy (non-hydrogen) atoms. The molecule has 0 amide bonds. The monoisotopic (exact) mass is 271 g/mol. The second kappa shape index (κ2) is 5.91. The van der Waals surface area contributed by atoms with Crippen LogP contribution in [0.3, 0.4) is 0 Å². The van der Waals surface area contributed by atoms with Gasteiger partial charge in [0.05, 0.1) is 11.2 Å². The summed E-state index contributed by atoms with van der Waals surface area (Å²) < 4.78 is 12.0. The number of hydrogen-bond acceptors (Lipinski definition) is 2. The first-order chi connectivity index (χ1) is 9.32. The Morgan fingerprint density at radius 2 is 1.65 bits per heavy atom. The van der Waals surface area contributed by atoms with Crippen LogP contribution in [-0.4, -0.2) is 18.3 Å². The first kappa shape index (κ1) is 15.6. The van der Waals surface area contributed by atoms with Crippen molar-refractivity contribution < 1.29 is 9.31 Å². The summed E-state index contributed by atoms with van der Waals surface area (Å²) in [5, 5.41) is 0. The summed E-state index contributed by atoms with van der Waals surface area (Å²) in [6, 6.07) is 10.5. The SMILES string of the molecule is [CH2][C]([CH]CCc1ccccc1)B1OC(C)(C)C(C)(C)O1. The molecule has 2 rings (SSSR count). The molecule has 1 heterocycles. The highest BCUT2D eigenvalue weighted by atomic mass is 16.7. The minimum atomic E-state index is -0.323. The lowest BCUT2D eigenvalue weighted by molar-refractivity contribution is 0.00578. The average molecular weight is 271 g/mol. The van der Waals surface area contributed by atoms with Crippen LogP contribution < -0.4 is 0 Å². The van der Waals surface area contributed by atoms with Crippen molar-refractivity contribution >= 4 is 7.12 Å². The zero-order valence-corrected chi connectivity index (χ0v) is 13.0. The Balaban J connectivity index is 1.80. The van der Waals surface area contributed by atoms with Gasteiger partial charge in [-0.25, -0.2) is 0 Å². The molecule has 0 aromatic heterocycles. The van der Waals surface area contributed by atoms with Crippen LogP contribution in [0.5, 0.6) is 0 Å². The number of aryl methyl sites for hydroxylation is 1. The summed E-state index contributed by atoms with van der Waals surface area (Å²) in [5.41, 5.74) is 0.743. The second-order valence-electron chi connectivity index (χ2n) is 6.39. The highest BCUT2D eigenvalue weighted by Gasteiger charge is 2.52. The van der Waals surface area contributed by atoms with Crippen molar-refractivity contribution in [2.24, 2.45) is 0 Å². The Labute approximate surface area is 124 Å². The lowest BCUT2D eigenvalue weighted by Crippen LogP contribution is -2.41. The van der Waals surface area contributed by atoms with Crippen LogP contribution in [-0.2, 0) is 15.7 Å². The van der Waals surface area contributed by atoms with Crippen molar-refractivity contribution in [3.8, 4) is 0 Å². The van der Waals surface area contributed by atoms with E-state index in [0.717, 1.165) is 18.7 Å². The average Bonchev–Trinajstić information content (AvgIpc) is 2.60. The summed E-state index contributed by atoms with van der Waals surface area (Å²) in [4.78, 5) is 0. The highest BCUT2D eigenvalue weighted by Crippen LogP contribution is 2.39. The zero-order chi connectivity index (χ0) is 14.8. The fourth-order valence-electron chi connectivity index (χ4n) is 2.16. The van der Waals surface area contributed by atoms with Crippen LogP contribution in [0.25, 0.3) is 0 Å². The molecule has 1 saturated heterocycles. The molecule has 2 nitrogen and oxygen atoms in total. The van der Waals surface area contributed by atoms with E-state index in [9.17, 15) is 0 Å². The molecule has 1 aliphatic rings. The first-order valence-electron chi connectivity index (χ1n) is 7.23. The van der Waals surface area contributed by atoms with Gasteiger partial charge in [-0.05, 0) is 59.4 Å². The summed E-state index contributed by atoms with van der Waals surface area (Å²) >= 11 is 0. The van der Waals surface area contributed by atoms with Crippen molar-refractivity contribution in [2.75, 3.05) is 0 Å². The lowest BCUT2D eigenvalue weighted by Gasteiger charge is -2.32. The molecule has 0 saturated carbocycles. The molecule has 1 aliphatic heterocycles. The maximum atomic E-state index is 5.98. The molecule has 1 fully saturated rings. The van der Waals surface area contributed by atoms with Gasteiger partial charge in [-0.2, -0.15) is 0 Å². The van der Waals surface area contributed by atoms with E-state index < -0.39 is 0 Å². The van der Waals surface area contributed by atoms with Gasteiger partial charge in [-0.1, -0.05) is 30.3 Å². The van der Waals surface area contributed by atoms with E-state index in [-0.39, 0.29) is 18.3 Å². The smallest absolute Gasteiger partial charge is 0.403 e. The quantitative estimate of drug-likeness (QED) is 0.757. The van der Waals surface area contributed by atoms with Crippen LogP contribution in [0.4, 0.5) is 0 Å². The van der Waals surface area contributed by atoms with Crippen LogP contribution in [0.2, 0.25) is 0 Å². The predicted molar refractivity (Wildman–Crippen MR) is 83.7 cm³/mol. The van der Waals surface area contributed by atoms with Gasteiger partial charge in [0.2, 0.25) is 0 Å². The molecule has 0 N–H and O–H groups in total. The van der Waals surface area contributed by atoms with Crippen LogP contribution in [0, 0.1) is 19.2 Å². The minimum absolute atomic E-state index is 0.298. The van der Waals surface area contributed by atoms with E-state index in [4.69, 9.17) is 9.31 Å². The second-order valence-corrected chi connectivity index (χ2v) is 6.39. The topological polar surface area (TPSA) is 18.5 Å². The molecule has 3 heteroatoms. The summed E-state index contributed by atoms with van der Waals surface area (Å²) in [6.07, 6.45) is 4.08. The molecule has 0 aliphatic carbocycles. The number of rotatable bonds is 5. The molecule has 0 unspecified atom stereocenters. The lowest BCUT2D eigenvalue weighted by atomic mass is 9.70. The fraction of sp³-hybridized carbons (Fsp3) is 0.471. The Bertz CT molecular complexity index is 412. The zero-order valence-electron chi connectivity index (χ0n) is 13.0. The van der Waals surface area contributed by atoms with Gasteiger partial charge < -0.3 is 9.31 Å². The van der Waals surface area contributed by atoms with Crippen LogP contribution >= 0.6 is 0 Å². The molecule has 3 radical (unpaired) electrons. The molecule has 0 bridgehead atoms. The van der Waals surface area contributed by atoms with Gasteiger partial charge in [-0.15, -0.1) is 0 Å². The molecular weight excluding hydrogens is 247 g/mol. The van der Waals surface area contributed by atoms with Gasteiger partial charge in [0, 0.05) is 5.82 Å². The molecular formula is C17H24BO2. The Kier molecular flexibility index (Phi) is 4.60. The fourth-order valence-corrected chi connectivity index (χ4v) is 2.16. The van der Waals surface area contributed by atoms with Gasteiger partial charge in [0.1, 0.15) is 0 Å². The van der Waals surface area contributed by atoms with E-state index in [1.165, 1.54) is 5.56 Å². The molecule has 0 atom stereocenters. The summed E-state index contributed by atoms with van der Waals surface area (Å²) in [6.45, 7) is 12.3. The van der Waals surface area contributed by atoms with E-state index in [2.05, 4.69) is 65.3 Å². The maximum Gasteiger partial charge on any atom is 0.464 e. The Hall–Kier alpha value is -0.795. The van der Waals surface area contributed by atoms with Crippen molar-refractivity contribution in [3.63, 3.8) is 0 Å². The minimum Gasteiger partial charge on any atom is -0.403 e. The van der Waals surface area contributed by atoms with Crippen molar-refractivity contribution in [1.82, 2.24) is 0 Å². The number of benzene rings is 1. The standard InChI is InChI=1S/C17H24BO2/c1-14(10-9-13-15-11-7-6-8-12-15)18-19-16(2,3)17(4,5)20-18/h6-8,10-12H,1,9,13H2,2-5H3. The van der Waals surface area contributed by atoms with E-state index >= 15 is 0 Å². The Morgan fingerprint density at radius 1 is 1.10 bits per heavy atom. The predicted octanol–water partition coefficient (Wildman–Crippen LogP) is 3.86. The molecule has 107 valence electrons. The highest BCUT2D eigenvalue weighted by molar-refractivity contribution is 6.53. The van der Waals surface area contributed by atoms with E-state index in [1.54, 1.807) is 0 Å². The van der Waals surface area contributed by atoms with E-state index in [1.807, 2.05) is 6.07 Å². The van der Waals surface area contributed by atoms with Crippen molar-refractivity contribution in [2.45, 2.75) is 51.7 Å². The largest absolute Gasteiger partial charge is 0.464 e. The Morgan fingerprint density at radius 3 is 2.20 bits per heavy atom. The summed E-state index contributed by atoms with van der Waals surface area (Å²) in [7, 11) is -0.323. The maximum absolute atomic E-state index is 5.98. The van der Waals surface area contributed by atoms with Crippen molar-refractivity contribution in [3.05, 3.63) is 55.1 Å². The summed E-state index contributed by atoms with van der Waals surface area (Å²) in [5.74, 6) is 0.916. The molecule has 0 spiro atoms. The van der Waals surface area contributed by atoms with Gasteiger partial charge in [-0.3, -0.25) is 0 Å². The van der Waals surface area contributed by atoms with Gasteiger partial charge in [0.15, 0.2) is 0 Å². The third kappa shape index (κ3) is 3.45. The number of hydrogen-bond donors (Lipinski definition) is 0. The molecule has 1 aromatic carbocycles. The van der Waals surface area contributed by atoms with Gasteiger partial charge in [0.25, 0.3) is 0 Å². The van der Waals surface area contributed by atoms with E-state index in [0.29, 0.717) is 0 Å². The first-order valence-corrected chi connectivity index (χ1v) is 7.23. The van der Waals surface area contributed by atoms with Gasteiger partial charge >= 0.3 is 7.12 Å². The van der Waals surface area contributed by atoms with Crippen molar-refractivity contribution in [1.29, 1.82) is 0 Å². The third-order valence-corrected chi connectivity index (χ3v) is 4.24. The molecule has 1 aromatic rings.